The SMILES string of the molecule is CC(C)(C)c1ccc(OP(Oc2ccc(C(C)(C)C)cc2C(C)(C)C)N2CCCN(P(Oc3ccc(C(C)(C)C)cc3C(C)(C)C)Oc3ccc(C(C)(C)C)cc3C(C)(C)C)CC2)c(C(C)(C)C)c1. The van der Waals surface area contributed by atoms with Crippen LogP contribution in [0.5, 0.6) is 23.0 Å². The van der Waals surface area contributed by atoms with E-state index in [0.717, 1.165) is 42.5 Å². The first-order chi connectivity index (χ1) is 31.2. The highest BCUT2D eigenvalue weighted by Crippen LogP contribution is 2.53. The first kappa shape index (κ1) is 56.8. The molecule has 0 atom stereocenters. The minimum absolute atomic E-state index is 0.00251. The van der Waals surface area contributed by atoms with Gasteiger partial charge in [-0.1, -0.05) is 215 Å². The van der Waals surface area contributed by atoms with Crippen LogP contribution in [-0.4, -0.2) is 35.5 Å². The van der Waals surface area contributed by atoms with Gasteiger partial charge in [0.1, 0.15) is 23.0 Å². The number of benzene rings is 4. The average Bonchev–Trinajstić information content (AvgIpc) is 3.44. The Hall–Kier alpha value is -3.14. The number of hydrogen-bond acceptors (Lipinski definition) is 6. The Balaban J connectivity index is 1.63. The van der Waals surface area contributed by atoms with Gasteiger partial charge in [0.25, 0.3) is 0 Å². The van der Waals surface area contributed by atoms with Crippen molar-refractivity contribution in [2.24, 2.45) is 0 Å². The molecule has 1 heterocycles. The molecule has 0 amide bonds. The summed E-state index contributed by atoms with van der Waals surface area (Å²) in [5.41, 5.74) is 9.28. The highest BCUT2D eigenvalue weighted by Gasteiger charge is 2.38. The lowest BCUT2D eigenvalue weighted by atomic mass is 9.80. The van der Waals surface area contributed by atoms with E-state index in [1.165, 1.54) is 44.5 Å². The molecule has 5 rings (SSSR count). The second-order valence-corrected chi connectivity index (χ2v) is 30.8. The van der Waals surface area contributed by atoms with E-state index in [0.29, 0.717) is 13.1 Å². The molecule has 4 aromatic carbocycles. The van der Waals surface area contributed by atoms with Crippen molar-refractivity contribution in [3.63, 3.8) is 0 Å². The molecule has 0 spiro atoms. The van der Waals surface area contributed by atoms with E-state index in [9.17, 15) is 0 Å². The molecular weight excluding hydrogens is 887 g/mol. The predicted octanol–water partition coefficient (Wildman–Crippen LogP) is 18.1. The second kappa shape index (κ2) is 20.4. The Morgan fingerprint density at radius 2 is 0.493 bits per heavy atom. The summed E-state index contributed by atoms with van der Waals surface area (Å²) < 4.78 is 34.4. The quantitative estimate of drug-likeness (QED) is 0.148. The van der Waals surface area contributed by atoms with Crippen molar-refractivity contribution in [2.45, 2.75) is 216 Å². The Labute approximate surface area is 425 Å². The van der Waals surface area contributed by atoms with Crippen LogP contribution in [0.2, 0.25) is 0 Å². The van der Waals surface area contributed by atoms with Crippen LogP contribution >= 0.6 is 17.1 Å². The van der Waals surface area contributed by atoms with Gasteiger partial charge in [-0.2, -0.15) is 0 Å². The zero-order chi connectivity index (χ0) is 52.1. The monoisotopic (exact) mass is 981 g/mol. The van der Waals surface area contributed by atoms with Gasteiger partial charge in [0.2, 0.25) is 0 Å². The Morgan fingerprint density at radius 3 is 0.667 bits per heavy atom. The summed E-state index contributed by atoms with van der Waals surface area (Å²) in [4.78, 5) is 0. The van der Waals surface area contributed by atoms with Gasteiger partial charge >= 0.3 is 17.1 Å². The van der Waals surface area contributed by atoms with Gasteiger partial charge < -0.3 is 18.1 Å². The Kier molecular flexibility index (Phi) is 16.8. The summed E-state index contributed by atoms with van der Waals surface area (Å²) in [6.07, 6.45) is 0.880. The molecule has 0 aliphatic carbocycles. The fourth-order valence-electron chi connectivity index (χ4n) is 8.47. The molecule has 0 bridgehead atoms. The summed E-state index contributed by atoms with van der Waals surface area (Å²) in [5.74, 6) is 3.51. The molecule has 382 valence electrons. The van der Waals surface area contributed by atoms with E-state index < -0.39 is 17.1 Å². The standard InChI is InChI=1S/C61H94N2O4P2/c1-54(2,3)42-26-30-50(46(38-42)58(13,14)15)64-68(65-51-31-27-43(55(4,5)6)39-47(51)59(16,17)18)62-34-25-35-63(37-36-62)69(66-52-32-28-44(56(7,8)9)40-48(52)60(19,20)21)67-53-33-29-45(57(10,11)12)41-49(53)61(22,23)24/h26-33,38-41H,25,34-37H2,1-24H3. The fraction of sp³-hybridized carbons (Fsp3) is 0.607. The molecule has 0 aromatic heterocycles. The van der Waals surface area contributed by atoms with E-state index in [1.807, 2.05) is 0 Å². The van der Waals surface area contributed by atoms with E-state index in [-0.39, 0.29) is 43.3 Å². The zero-order valence-electron chi connectivity index (χ0n) is 47.9. The van der Waals surface area contributed by atoms with Gasteiger partial charge in [-0.05, 0) is 96.3 Å². The van der Waals surface area contributed by atoms with Crippen LogP contribution in [0.25, 0.3) is 0 Å². The summed E-state index contributed by atoms with van der Waals surface area (Å²) in [6, 6.07) is 27.1. The largest absolute Gasteiger partial charge is 0.427 e. The summed E-state index contributed by atoms with van der Waals surface area (Å²) in [5, 5.41) is 0. The first-order valence-corrected chi connectivity index (χ1v) is 27.9. The predicted molar refractivity (Wildman–Crippen MR) is 299 cm³/mol. The molecule has 8 heteroatoms. The minimum atomic E-state index is -1.62. The minimum Gasteiger partial charge on any atom is -0.427 e. The molecular formula is C61H94N2O4P2. The third kappa shape index (κ3) is 14.7. The smallest absolute Gasteiger partial charge is 0.384 e. The molecule has 1 fully saturated rings. The van der Waals surface area contributed by atoms with Crippen LogP contribution in [0.1, 0.15) is 217 Å². The number of hydrogen-bond donors (Lipinski definition) is 0. The molecule has 0 unspecified atom stereocenters. The van der Waals surface area contributed by atoms with Gasteiger partial charge in [0.05, 0.1) is 0 Å². The van der Waals surface area contributed by atoms with Crippen LogP contribution < -0.4 is 18.1 Å². The highest BCUT2D eigenvalue weighted by atomic mass is 31.2. The third-order valence-corrected chi connectivity index (χ3v) is 16.4. The van der Waals surface area contributed by atoms with Crippen molar-refractivity contribution in [1.82, 2.24) is 9.34 Å². The molecule has 4 aromatic rings. The van der Waals surface area contributed by atoms with E-state index in [1.54, 1.807) is 0 Å². The van der Waals surface area contributed by atoms with Crippen molar-refractivity contribution in [3.05, 3.63) is 117 Å². The first-order valence-electron chi connectivity index (χ1n) is 25.7. The van der Waals surface area contributed by atoms with Crippen LogP contribution in [0.4, 0.5) is 0 Å². The van der Waals surface area contributed by atoms with Crippen LogP contribution in [0.3, 0.4) is 0 Å². The van der Waals surface area contributed by atoms with Crippen molar-refractivity contribution in [3.8, 4) is 23.0 Å². The van der Waals surface area contributed by atoms with E-state index in [4.69, 9.17) is 18.1 Å². The maximum absolute atomic E-state index is 7.37. The van der Waals surface area contributed by atoms with Crippen molar-refractivity contribution in [2.75, 3.05) is 26.2 Å². The highest BCUT2D eigenvalue weighted by molar-refractivity contribution is 7.46. The molecule has 1 saturated heterocycles. The van der Waals surface area contributed by atoms with Crippen molar-refractivity contribution in [1.29, 1.82) is 0 Å². The topological polar surface area (TPSA) is 43.4 Å². The molecule has 0 saturated carbocycles. The van der Waals surface area contributed by atoms with Crippen LogP contribution in [-0.2, 0) is 43.3 Å². The number of nitrogens with zero attached hydrogens (tertiary/aromatic N) is 2. The maximum atomic E-state index is 7.37. The van der Waals surface area contributed by atoms with E-state index >= 15 is 0 Å². The van der Waals surface area contributed by atoms with Gasteiger partial charge in [-0.3, -0.25) is 0 Å². The summed E-state index contributed by atoms with van der Waals surface area (Å²) in [6.45, 7) is 57.7. The van der Waals surface area contributed by atoms with Gasteiger partial charge in [-0.15, -0.1) is 0 Å². The second-order valence-electron chi connectivity index (χ2n) is 27.9. The third-order valence-electron chi connectivity index (χ3n) is 13.2. The molecule has 1 aliphatic heterocycles. The fourth-order valence-corrected chi connectivity index (χ4v) is 11.4. The van der Waals surface area contributed by atoms with Crippen molar-refractivity contribution < 1.29 is 18.1 Å². The van der Waals surface area contributed by atoms with Crippen LogP contribution in [0, 0.1) is 0 Å². The Bertz CT molecular complexity index is 2060. The zero-order valence-corrected chi connectivity index (χ0v) is 49.7. The van der Waals surface area contributed by atoms with Gasteiger partial charge in [0, 0.05) is 48.4 Å². The summed E-state index contributed by atoms with van der Waals surface area (Å²) in [7, 11) is -3.25. The van der Waals surface area contributed by atoms with Crippen LogP contribution in [0.15, 0.2) is 72.8 Å². The normalized spacial score (nSPS) is 15.7. The van der Waals surface area contributed by atoms with Crippen molar-refractivity contribution >= 4 is 17.1 Å². The molecule has 0 radical (unpaired) electrons. The van der Waals surface area contributed by atoms with Gasteiger partial charge in [0.15, 0.2) is 0 Å². The molecule has 0 N–H and O–H groups in total. The lowest BCUT2D eigenvalue weighted by molar-refractivity contribution is 0.336. The Morgan fingerprint density at radius 1 is 0.290 bits per heavy atom. The maximum Gasteiger partial charge on any atom is 0.384 e. The van der Waals surface area contributed by atoms with E-state index in [2.05, 4.69) is 248 Å². The summed E-state index contributed by atoms with van der Waals surface area (Å²) >= 11 is 0. The average molecular weight is 981 g/mol. The lowest BCUT2D eigenvalue weighted by Crippen LogP contribution is -2.30. The lowest BCUT2D eigenvalue weighted by Gasteiger charge is -2.34. The molecule has 69 heavy (non-hydrogen) atoms. The van der Waals surface area contributed by atoms with Gasteiger partial charge in [-0.25, -0.2) is 9.34 Å². The number of rotatable bonds is 10. The molecule has 6 nitrogen and oxygen atoms in total. The molecule has 1 aliphatic rings.